The van der Waals surface area contributed by atoms with Crippen LogP contribution in [0, 0.1) is 0 Å². The van der Waals surface area contributed by atoms with E-state index in [2.05, 4.69) is 35.9 Å². The van der Waals surface area contributed by atoms with E-state index in [4.69, 9.17) is 0 Å². The van der Waals surface area contributed by atoms with Crippen molar-refractivity contribution in [3.05, 3.63) is 0 Å². The molecular weight excluding hydrogens is 240 g/mol. The van der Waals surface area contributed by atoms with Crippen molar-refractivity contribution in [3.8, 4) is 0 Å². The fourth-order valence-corrected chi connectivity index (χ4v) is 2.78. The molecule has 1 N–H and O–H groups in total. The highest BCUT2D eigenvalue weighted by Gasteiger charge is 2.27. The minimum atomic E-state index is 0.245. The smallest absolute Gasteiger partial charge is 0.236 e. The second-order valence-electron chi connectivity index (χ2n) is 6.56. The largest absolute Gasteiger partial charge is 0.339 e. The first-order chi connectivity index (χ1) is 8.97. The molecule has 2 fully saturated rings. The van der Waals surface area contributed by atoms with E-state index < -0.39 is 0 Å². The van der Waals surface area contributed by atoms with Crippen molar-refractivity contribution in [2.24, 2.45) is 0 Å². The second kappa shape index (κ2) is 6.20. The number of nitrogens with zero attached hydrogens (tertiary/aromatic N) is 3. The van der Waals surface area contributed by atoms with E-state index in [9.17, 15) is 4.79 Å². The zero-order valence-electron chi connectivity index (χ0n) is 12.6. The monoisotopic (exact) mass is 268 g/mol. The van der Waals surface area contributed by atoms with Crippen LogP contribution in [0.1, 0.15) is 20.8 Å². The van der Waals surface area contributed by atoms with Crippen LogP contribution < -0.4 is 5.32 Å². The average Bonchev–Trinajstić information content (AvgIpc) is 2.39. The minimum Gasteiger partial charge on any atom is -0.339 e. The van der Waals surface area contributed by atoms with Gasteiger partial charge in [0, 0.05) is 57.9 Å². The van der Waals surface area contributed by atoms with Crippen LogP contribution in [-0.2, 0) is 4.79 Å². The maximum absolute atomic E-state index is 12.2. The molecule has 5 heteroatoms. The van der Waals surface area contributed by atoms with Gasteiger partial charge in [-0.25, -0.2) is 0 Å². The maximum Gasteiger partial charge on any atom is 0.236 e. The molecule has 2 heterocycles. The molecule has 0 atom stereocenters. The Hall–Kier alpha value is -0.650. The van der Waals surface area contributed by atoms with Crippen molar-refractivity contribution in [2.45, 2.75) is 26.3 Å². The van der Waals surface area contributed by atoms with Gasteiger partial charge in [-0.15, -0.1) is 0 Å². The van der Waals surface area contributed by atoms with Crippen LogP contribution in [-0.4, -0.2) is 85.0 Å². The van der Waals surface area contributed by atoms with Gasteiger partial charge in [-0.05, 0) is 20.8 Å². The molecule has 19 heavy (non-hydrogen) atoms. The summed E-state index contributed by atoms with van der Waals surface area (Å²) in [6.07, 6.45) is 0. The van der Waals surface area contributed by atoms with Crippen LogP contribution in [0.3, 0.4) is 0 Å². The Morgan fingerprint density at radius 3 is 2.11 bits per heavy atom. The third-order valence-electron chi connectivity index (χ3n) is 4.15. The summed E-state index contributed by atoms with van der Waals surface area (Å²) in [4.78, 5) is 19.0. The lowest BCUT2D eigenvalue weighted by Crippen LogP contribution is -2.56. The van der Waals surface area contributed by atoms with Crippen LogP contribution >= 0.6 is 0 Å². The number of carbonyl (C=O) groups excluding carboxylic acids is 1. The van der Waals surface area contributed by atoms with Gasteiger partial charge in [-0.2, -0.15) is 0 Å². The van der Waals surface area contributed by atoms with Gasteiger partial charge in [0.25, 0.3) is 0 Å². The molecule has 0 aromatic carbocycles. The topological polar surface area (TPSA) is 38.8 Å². The van der Waals surface area contributed by atoms with Crippen molar-refractivity contribution in [1.82, 2.24) is 20.0 Å². The molecule has 2 rings (SSSR count). The average molecular weight is 268 g/mol. The molecule has 1 amide bonds. The fraction of sp³-hybridized carbons (Fsp3) is 0.929. The lowest BCUT2D eigenvalue weighted by atomic mass is 10.1. The van der Waals surface area contributed by atoms with E-state index in [0.717, 1.165) is 52.4 Å². The molecule has 2 saturated heterocycles. The molecule has 2 aliphatic rings. The Morgan fingerprint density at radius 2 is 1.58 bits per heavy atom. The second-order valence-corrected chi connectivity index (χ2v) is 6.56. The summed E-state index contributed by atoms with van der Waals surface area (Å²) in [7, 11) is 0. The lowest BCUT2D eigenvalue weighted by Gasteiger charge is -2.42. The van der Waals surface area contributed by atoms with E-state index in [0.29, 0.717) is 12.5 Å². The molecule has 0 bridgehead atoms. The molecule has 2 aliphatic heterocycles. The van der Waals surface area contributed by atoms with Gasteiger partial charge < -0.3 is 10.2 Å². The number of nitrogens with one attached hydrogen (secondary N) is 1. The molecule has 0 aromatic heterocycles. The number of carbonyl (C=O) groups is 1. The molecule has 5 nitrogen and oxygen atoms in total. The van der Waals surface area contributed by atoms with Gasteiger partial charge in [0.1, 0.15) is 0 Å². The van der Waals surface area contributed by atoms with Crippen LogP contribution in [0.25, 0.3) is 0 Å². The highest BCUT2D eigenvalue weighted by Crippen LogP contribution is 2.15. The first kappa shape index (κ1) is 14.8. The molecule has 0 aromatic rings. The Bertz CT molecular complexity index is 299. The standard InChI is InChI=1S/C14H28N4O/c1-14(2,3)18-10-8-16(9-11-18)12-13(19)17-6-4-15-5-7-17/h15H,4-12H2,1-3H3. The van der Waals surface area contributed by atoms with Crippen LogP contribution in [0.15, 0.2) is 0 Å². The number of hydrogen-bond acceptors (Lipinski definition) is 4. The Labute approximate surface area is 116 Å². The molecule has 110 valence electrons. The van der Waals surface area contributed by atoms with Gasteiger partial charge in [-0.1, -0.05) is 0 Å². The van der Waals surface area contributed by atoms with Gasteiger partial charge >= 0.3 is 0 Å². The first-order valence-corrected chi connectivity index (χ1v) is 7.43. The van der Waals surface area contributed by atoms with Gasteiger partial charge in [0.2, 0.25) is 5.91 Å². The van der Waals surface area contributed by atoms with Crippen molar-refractivity contribution >= 4 is 5.91 Å². The quantitative estimate of drug-likeness (QED) is 0.755. The number of piperazine rings is 2. The third kappa shape index (κ3) is 4.16. The molecular formula is C14H28N4O. The highest BCUT2D eigenvalue weighted by molar-refractivity contribution is 5.78. The van der Waals surface area contributed by atoms with E-state index in [1.807, 2.05) is 4.90 Å². The Balaban J connectivity index is 1.74. The highest BCUT2D eigenvalue weighted by atomic mass is 16.2. The minimum absolute atomic E-state index is 0.245. The summed E-state index contributed by atoms with van der Waals surface area (Å²) < 4.78 is 0. The van der Waals surface area contributed by atoms with E-state index in [1.165, 1.54) is 0 Å². The van der Waals surface area contributed by atoms with Crippen LogP contribution in [0.5, 0.6) is 0 Å². The summed E-state index contributed by atoms with van der Waals surface area (Å²) in [6.45, 7) is 15.1. The third-order valence-corrected chi connectivity index (χ3v) is 4.15. The predicted molar refractivity (Wildman–Crippen MR) is 77.2 cm³/mol. The van der Waals surface area contributed by atoms with E-state index in [-0.39, 0.29) is 5.54 Å². The van der Waals surface area contributed by atoms with Gasteiger partial charge in [0.15, 0.2) is 0 Å². The lowest BCUT2D eigenvalue weighted by molar-refractivity contribution is -0.133. The molecule has 0 unspecified atom stereocenters. The molecule has 0 radical (unpaired) electrons. The van der Waals surface area contributed by atoms with Crippen LogP contribution in [0.2, 0.25) is 0 Å². The van der Waals surface area contributed by atoms with Crippen molar-refractivity contribution in [2.75, 3.05) is 58.9 Å². The molecule has 0 aliphatic carbocycles. The fourth-order valence-electron chi connectivity index (χ4n) is 2.78. The van der Waals surface area contributed by atoms with E-state index in [1.54, 1.807) is 0 Å². The Kier molecular flexibility index (Phi) is 4.81. The summed E-state index contributed by atoms with van der Waals surface area (Å²) in [6, 6.07) is 0. The zero-order valence-corrected chi connectivity index (χ0v) is 12.6. The van der Waals surface area contributed by atoms with Gasteiger partial charge in [-0.3, -0.25) is 14.6 Å². The van der Waals surface area contributed by atoms with Crippen molar-refractivity contribution in [1.29, 1.82) is 0 Å². The summed E-state index contributed by atoms with van der Waals surface area (Å²) in [5.41, 5.74) is 0.245. The summed E-state index contributed by atoms with van der Waals surface area (Å²) in [5.74, 6) is 0.297. The summed E-state index contributed by atoms with van der Waals surface area (Å²) >= 11 is 0. The SMILES string of the molecule is CC(C)(C)N1CCN(CC(=O)N2CCNCC2)CC1. The first-order valence-electron chi connectivity index (χ1n) is 7.43. The predicted octanol–water partition coefficient (Wildman–Crippen LogP) is -0.166. The maximum atomic E-state index is 12.2. The molecule has 0 spiro atoms. The molecule has 0 saturated carbocycles. The number of hydrogen-bond donors (Lipinski definition) is 1. The summed E-state index contributed by atoms with van der Waals surface area (Å²) in [5, 5.41) is 3.28. The normalized spacial score (nSPS) is 23.6. The Morgan fingerprint density at radius 1 is 1.00 bits per heavy atom. The van der Waals surface area contributed by atoms with Crippen molar-refractivity contribution in [3.63, 3.8) is 0 Å². The zero-order chi connectivity index (χ0) is 13.9. The van der Waals surface area contributed by atoms with Crippen molar-refractivity contribution < 1.29 is 4.79 Å². The van der Waals surface area contributed by atoms with E-state index >= 15 is 0 Å². The van der Waals surface area contributed by atoms with Gasteiger partial charge in [0.05, 0.1) is 6.54 Å². The number of rotatable bonds is 2. The van der Waals surface area contributed by atoms with Crippen LogP contribution in [0.4, 0.5) is 0 Å². The number of amides is 1.